The molecular formula is C26H29N7O3S. The van der Waals surface area contributed by atoms with Crippen LogP contribution in [0.25, 0.3) is 20.7 Å². The molecule has 0 aliphatic carbocycles. The molecular weight excluding hydrogens is 490 g/mol. The molecule has 5 rings (SSSR count). The summed E-state index contributed by atoms with van der Waals surface area (Å²) in [5.74, 6) is 0.391. The van der Waals surface area contributed by atoms with Gasteiger partial charge in [-0.15, -0.1) is 11.3 Å². The first-order valence-electron chi connectivity index (χ1n) is 12.0. The van der Waals surface area contributed by atoms with Crippen molar-refractivity contribution in [2.45, 2.75) is 38.4 Å². The van der Waals surface area contributed by atoms with E-state index in [1.807, 2.05) is 50.2 Å². The van der Waals surface area contributed by atoms with Crippen molar-refractivity contribution in [3.05, 3.63) is 66.6 Å². The number of hydrogen-bond donors (Lipinski definition) is 5. The number of carbonyl (C=O) groups is 1. The highest BCUT2D eigenvalue weighted by Crippen LogP contribution is 2.34. The average molecular weight is 520 g/mol. The quantitative estimate of drug-likeness (QED) is 0.238. The summed E-state index contributed by atoms with van der Waals surface area (Å²) < 4.78 is 1.09. The van der Waals surface area contributed by atoms with Crippen molar-refractivity contribution in [3.8, 4) is 10.6 Å². The topological polar surface area (TPSA) is 136 Å². The zero-order chi connectivity index (χ0) is 26.0. The maximum atomic E-state index is 12.4. The highest BCUT2D eigenvalue weighted by atomic mass is 32.1. The van der Waals surface area contributed by atoms with Crippen LogP contribution in [0.3, 0.4) is 0 Å². The van der Waals surface area contributed by atoms with Crippen LogP contribution in [0.2, 0.25) is 0 Å². The number of fused-ring (bicyclic) bond motifs is 1. The minimum atomic E-state index is -0.914. The van der Waals surface area contributed by atoms with Gasteiger partial charge in [0.25, 0.3) is 0 Å². The molecule has 1 fully saturated rings. The molecule has 5 N–H and O–H groups in total. The predicted molar refractivity (Wildman–Crippen MR) is 144 cm³/mol. The van der Waals surface area contributed by atoms with Crippen LogP contribution < -0.4 is 16.0 Å². The lowest BCUT2D eigenvalue weighted by Crippen LogP contribution is -2.49. The van der Waals surface area contributed by atoms with E-state index in [1.54, 1.807) is 34.8 Å². The largest absolute Gasteiger partial charge is 0.377 e. The number of pyridine rings is 1. The molecule has 192 valence electrons. The Morgan fingerprint density at radius 1 is 1.19 bits per heavy atom. The third-order valence-corrected chi connectivity index (χ3v) is 7.58. The Morgan fingerprint density at radius 2 is 2.05 bits per heavy atom. The smallest absolute Gasteiger partial charge is 0.228 e. The van der Waals surface area contributed by atoms with Crippen molar-refractivity contribution in [1.29, 1.82) is 0 Å². The van der Waals surface area contributed by atoms with Crippen LogP contribution in [0.5, 0.6) is 0 Å². The highest BCUT2D eigenvalue weighted by Gasteiger charge is 2.45. The van der Waals surface area contributed by atoms with Gasteiger partial charge in [0.05, 0.1) is 22.5 Å². The Balaban J connectivity index is 1.23. The van der Waals surface area contributed by atoms with Crippen LogP contribution in [-0.4, -0.2) is 67.2 Å². The fraction of sp³-hybridized carbons (Fsp3) is 0.308. The molecule has 2 atom stereocenters. The van der Waals surface area contributed by atoms with E-state index in [0.29, 0.717) is 19.0 Å². The van der Waals surface area contributed by atoms with Crippen LogP contribution in [0, 0.1) is 0 Å². The molecule has 2 unspecified atom stereocenters. The van der Waals surface area contributed by atoms with Gasteiger partial charge in [0, 0.05) is 42.1 Å². The van der Waals surface area contributed by atoms with Crippen LogP contribution >= 0.6 is 11.3 Å². The van der Waals surface area contributed by atoms with E-state index in [4.69, 9.17) is 0 Å². The Labute approximate surface area is 218 Å². The Morgan fingerprint density at radius 3 is 2.81 bits per heavy atom. The summed E-state index contributed by atoms with van der Waals surface area (Å²) in [6, 6.07) is 13.5. The summed E-state index contributed by atoms with van der Waals surface area (Å²) in [7, 11) is 0. The summed E-state index contributed by atoms with van der Waals surface area (Å²) in [6.07, 6.45) is 3.62. The van der Waals surface area contributed by atoms with Crippen molar-refractivity contribution < 1.29 is 15.0 Å². The van der Waals surface area contributed by atoms with Gasteiger partial charge in [-0.25, -0.2) is 9.97 Å². The number of hydrogen-bond acceptors (Lipinski definition) is 10. The van der Waals surface area contributed by atoms with Gasteiger partial charge in [0.15, 0.2) is 6.35 Å². The van der Waals surface area contributed by atoms with Crippen LogP contribution in [0.4, 0.5) is 11.6 Å². The first-order valence-corrected chi connectivity index (χ1v) is 12.8. The van der Waals surface area contributed by atoms with Gasteiger partial charge in [-0.3, -0.25) is 20.0 Å². The molecule has 1 aliphatic heterocycles. The van der Waals surface area contributed by atoms with E-state index in [-0.39, 0.29) is 12.3 Å². The predicted octanol–water partition coefficient (Wildman–Crippen LogP) is 2.62. The number of amides is 1. The fourth-order valence-electron chi connectivity index (χ4n) is 4.33. The summed E-state index contributed by atoms with van der Waals surface area (Å²) in [4.78, 5) is 28.2. The SMILES string of the molecule is CC1(C)C(O)NC(O)N1CCNc1nccc(-c2cc3cc(NC(=O)Cc4cccnc4)ccc3s2)n1. The van der Waals surface area contributed by atoms with Crippen molar-refractivity contribution in [3.63, 3.8) is 0 Å². The first kappa shape index (κ1) is 25.2. The van der Waals surface area contributed by atoms with E-state index in [0.717, 1.165) is 31.9 Å². The molecule has 1 saturated heterocycles. The minimum Gasteiger partial charge on any atom is -0.377 e. The molecule has 3 aromatic heterocycles. The Kier molecular flexibility index (Phi) is 7.13. The molecule has 0 bridgehead atoms. The van der Waals surface area contributed by atoms with Gasteiger partial charge in [-0.2, -0.15) is 0 Å². The summed E-state index contributed by atoms with van der Waals surface area (Å²) in [6.45, 7) is 4.73. The highest BCUT2D eigenvalue weighted by molar-refractivity contribution is 7.22. The molecule has 1 amide bonds. The zero-order valence-electron chi connectivity index (χ0n) is 20.5. The normalized spacial score (nSPS) is 19.2. The molecule has 0 spiro atoms. The van der Waals surface area contributed by atoms with Crippen molar-refractivity contribution >= 4 is 39.0 Å². The van der Waals surface area contributed by atoms with Gasteiger partial charge in [-0.1, -0.05) is 6.07 Å². The molecule has 11 heteroatoms. The molecule has 0 saturated carbocycles. The summed E-state index contributed by atoms with van der Waals surface area (Å²) >= 11 is 1.62. The number of anilines is 2. The second-order valence-electron chi connectivity index (χ2n) is 9.43. The number of aromatic nitrogens is 3. The van der Waals surface area contributed by atoms with Crippen molar-refractivity contribution in [1.82, 2.24) is 25.2 Å². The van der Waals surface area contributed by atoms with Crippen LogP contribution in [0.15, 0.2) is 61.1 Å². The summed E-state index contributed by atoms with van der Waals surface area (Å²) in [5, 5.41) is 30.1. The monoisotopic (exact) mass is 519 g/mol. The summed E-state index contributed by atoms with van der Waals surface area (Å²) in [5.41, 5.74) is 1.79. The average Bonchev–Trinajstić information content (AvgIpc) is 3.38. The Hall–Kier alpha value is -3.48. The number of thiophene rings is 1. The van der Waals surface area contributed by atoms with E-state index in [1.165, 1.54) is 0 Å². The molecule has 1 aliphatic rings. The molecule has 1 aromatic carbocycles. The number of benzene rings is 1. The molecule has 0 radical (unpaired) electrons. The second-order valence-corrected chi connectivity index (χ2v) is 10.5. The van der Waals surface area contributed by atoms with Crippen LogP contribution in [0.1, 0.15) is 19.4 Å². The maximum Gasteiger partial charge on any atom is 0.228 e. The van der Waals surface area contributed by atoms with E-state index in [9.17, 15) is 15.0 Å². The van der Waals surface area contributed by atoms with Crippen molar-refractivity contribution in [2.24, 2.45) is 0 Å². The van der Waals surface area contributed by atoms with Crippen LogP contribution in [-0.2, 0) is 11.2 Å². The van der Waals surface area contributed by atoms with Gasteiger partial charge in [-0.05, 0) is 61.2 Å². The molecule has 4 heterocycles. The maximum absolute atomic E-state index is 12.4. The van der Waals surface area contributed by atoms with Gasteiger partial charge in [0.2, 0.25) is 11.9 Å². The number of nitrogens with one attached hydrogen (secondary N) is 3. The molecule has 10 nitrogen and oxygen atoms in total. The van der Waals surface area contributed by atoms with Gasteiger partial charge in [0.1, 0.15) is 6.23 Å². The van der Waals surface area contributed by atoms with E-state index in [2.05, 4.69) is 37.0 Å². The van der Waals surface area contributed by atoms with E-state index >= 15 is 0 Å². The lowest BCUT2D eigenvalue weighted by molar-refractivity contribution is -0.115. The second kappa shape index (κ2) is 10.5. The van der Waals surface area contributed by atoms with Crippen molar-refractivity contribution in [2.75, 3.05) is 23.7 Å². The Bertz CT molecular complexity index is 1400. The standard InChI is InChI=1S/C26H29N7O3S/c1-26(2)23(35)32-25(36)33(26)11-10-29-24-28-9-7-19(31-24)21-14-17-13-18(5-6-20(17)37-21)30-22(34)12-16-4-3-8-27-15-16/h3-9,13-15,23,25,32,35-36H,10-12H2,1-2H3,(H,30,34)(H,28,29,31). The lowest BCUT2D eigenvalue weighted by Gasteiger charge is -2.33. The van der Waals surface area contributed by atoms with Gasteiger partial charge >= 0.3 is 0 Å². The zero-order valence-corrected chi connectivity index (χ0v) is 21.4. The van der Waals surface area contributed by atoms with E-state index < -0.39 is 18.1 Å². The molecule has 4 aromatic rings. The fourth-order valence-corrected chi connectivity index (χ4v) is 5.34. The third kappa shape index (κ3) is 5.60. The molecule has 37 heavy (non-hydrogen) atoms. The lowest BCUT2D eigenvalue weighted by atomic mass is 10.0. The van der Waals surface area contributed by atoms with Gasteiger partial charge < -0.3 is 20.8 Å². The number of aliphatic hydroxyl groups is 2. The first-order chi connectivity index (χ1) is 17.8. The minimum absolute atomic E-state index is 0.0931. The number of nitrogens with zero attached hydrogens (tertiary/aromatic N) is 4. The number of carbonyl (C=O) groups excluding carboxylic acids is 1. The third-order valence-electron chi connectivity index (χ3n) is 6.44. The number of rotatable bonds is 8. The number of aliphatic hydroxyl groups excluding tert-OH is 2.